The molecule has 0 aromatic rings. The Kier molecular flexibility index (Phi) is 14.1. The van der Waals surface area contributed by atoms with Crippen molar-refractivity contribution >= 4 is 24.1 Å². The minimum absolute atomic E-state index is 0.380. The standard InChI is InChI=1S/C10H22O4S2/c11-10(5-4-8-16-13)9-14-6-2-1-3-7-15-12/h10-13H,1-9H2. The van der Waals surface area contributed by atoms with Crippen molar-refractivity contribution in [3.05, 3.63) is 0 Å². The largest absolute Gasteiger partial charge is 0.391 e. The number of hydrogen-bond acceptors (Lipinski definition) is 6. The molecule has 0 aliphatic carbocycles. The van der Waals surface area contributed by atoms with E-state index in [9.17, 15) is 5.11 Å². The molecule has 0 aromatic heterocycles. The summed E-state index contributed by atoms with van der Waals surface area (Å²) in [6.07, 6.45) is 4.08. The van der Waals surface area contributed by atoms with E-state index in [0.717, 1.165) is 55.5 Å². The van der Waals surface area contributed by atoms with Gasteiger partial charge in [-0.1, -0.05) is 6.42 Å². The average molecular weight is 270 g/mol. The molecule has 0 aromatic carbocycles. The van der Waals surface area contributed by atoms with E-state index in [2.05, 4.69) is 0 Å². The minimum atomic E-state index is -0.417. The monoisotopic (exact) mass is 270 g/mol. The van der Waals surface area contributed by atoms with Crippen molar-refractivity contribution in [2.75, 3.05) is 24.7 Å². The zero-order chi connectivity index (χ0) is 12.1. The van der Waals surface area contributed by atoms with Crippen molar-refractivity contribution in [1.29, 1.82) is 0 Å². The van der Waals surface area contributed by atoms with Gasteiger partial charge in [-0.25, -0.2) is 0 Å². The fourth-order valence-electron chi connectivity index (χ4n) is 1.23. The van der Waals surface area contributed by atoms with Crippen LogP contribution >= 0.6 is 24.1 Å². The van der Waals surface area contributed by atoms with Gasteiger partial charge in [-0.05, 0) is 49.8 Å². The fourth-order valence-corrected chi connectivity index (χ4v) is 1.86. The summed E-state index contributed by atoms with van der Waals surface area (Å²) < 4.78 is 22.3. The lowest BCUT2D eigenvalue weighted by Crippen LogP contribution is -2.15. The molecule has 0 rings (SSSR count). The lowest BCUT2D eigenvalue weighted by molar-refractivity contribution is 0.0310. The number of aliphatic hydroxyl groups excluding tert-OH is 1. The molecule has 98 valence electrons. The van der Waals surface area contributed by atoms with Gasteiger partial charge in [0.2, 0.25) is 0 Å². The summed E-state index contributed by atoms with van der Waals surface area (Å²) in [6, 6.07) is 0. The highest BCUT2D eigenvalue weighted by molar-refractivity contribution is 7.93. The molecule has 0 aliphatic heterocycles. The van der Waals surface area contributed by atoms with Crippen molar-refractivity contribution in [2.24, 2.45) is 0 Å². The maximum Gasteiger partial charge on any atom is 0.0774 e. The predicted octanol–water partition coefficient (Wildman–Crippen LogP) is 2.73. The highest BCUT2D eigenvalue weighted by atomic mass is 32.2. The molecule has 0 saturated heterocycles. The van der Waals surface area contributed by atoms with Crippen LogP contribution in [0, 0.1) is 0 Å². The molecule has 0 heterocycles. The Morgan fingerprint density at radius 1 is 0.938 bits per heavy atom. The van der Waals surface area contributed by atoms with E-state index in [0.29, 0.717) is 25.4 Å². The summed E-state index contributed by atoms with van der Waals surface area (Å²) in [5, 5.41) is 9.46. The summed E-state index contributed by atoms with van der Waals surface area (Å²) in [5.74, 6) is 1.44. The molecule has 16 heavy (non-hydrogen) atoms. The number of unbranched alkanes of at least 4 members (excludes halogenated alkanes) is 2. The summed E-state index contributed by atoms with van der Waals surface area (Å²) in [6.45, 7) is 1.05. The second kappa shape index (κ2) is 13.6. The first-order chi connectivity index (χ1) is 7.81. The number of hydrogen-bond donors (Lipinski definition) is 3. The Bertz CT molecular complexity index is 138. The van der Waals surface area contributed by atoms with Gasteiger partial charge >= 0.3 is 0 Å². The third-order valence-electron chi connectivity index (χ3n) is 2.11. The molecule has 0 bridgehead atoms. The van der Waals surface area contributed by atoms with Crippen molar-refractivity contribution < 1.29 is 18.9 Å². The van der Waals surface area contributed by atoms with Crippen molar-refractivity contribution in [1.82, 2.24) is 0 Å². The first kappa shape index (κ1) is 16.5. The third kappa shape index (κ3) is 12.6. The number of aliphatic hydroxyl groups is 1. The molecule has 0 fully saturated rings. The third-order valence-corrected chi connectivity index (χ3v) is 3.05. The second-order valence-corrected chi connectivity index (χ2v) is 4.93. The van der Waals surface area contributed by atoms with Gasteiger partial charge in [-0.3, -0.25) is 0 Å². The summed E-state index contributed by atoms with van der Waals surface area (Å²) in [5.41, 5.74) is 0. The lowest BCUT2D eigenvalue weighted by Gasteiger charge is -2.10. The molecule has 0 amide bonds. The molecular weight excluding hydrogens is 248 g/mol. The Balaban J connectivity index is 3.06. The molecule has 4 nitrogen and oxygen atoms in total. The van der Waals surface area contributed by atoms with E-state index in [-0.39, 0.29) is 0 Å². The molecule has 0 saturated carbocycles. The minimum Gasteiger partial charge on any atom is -0.391 e. The number of rotatable bonds is 12. The summed E-state index contributed by atoms with van der Waals surface area (Å²) >= 11 is 1.69. The van der Waals surface area contributed by atoms with Crippen molar-refractivity contribution in [3.8, 4) is 0 Å². The first-order valence-corrected chi connectivity index (χ1v) is 7.48. The van der Waals surface area contributed by atoms with Crippen molar-refractivity contribution in [2.45, 2.75) is 38.2 Å². The van der Waals surface area contributed by atoms with Gasteiger partial charge < -0.3 is 18.9 Å². The quantitative estimate of drug-likeness (QED) is 0.374. The topological polar surface area (TPSA) is 69.9 Å². The van der Waals surface area contributed by atoms with Crippen LogP contribution in [0.2, 0.25) is 0 Å². The first-order valence-electron chi connectivity index (χ1n) is 5.59. The van der Waals surface area contributed by atoms with Gasteiger partial charge in [-0.15, -0.1) is 0 Å². The zero-order valence-corrected chi connectivity index (χ0v) is 11.1. The van der Waals surface area contributed by atoms with Crippen LogP contribution in [0.25, 0.3) is 0 Å². The maximum absolute atomic E-state index is 9.46. The van der Waals surface area contributed by atoms with Crippen LogP contribution < -0.4 is 0 Å². The van der Waals surface area contributed by atoms with E-state index in [1.807, 2.05) is 0 Å². The summed E-state index contributed by atoms with van der Waals surface area (Å²) in [7, 11) is 0. The average Bonchev–Trinajstić information content (AvgIpc) is 2.28. The van der Waals surface area contributed by atoms with E-state index >= 15 is 0 Å². The maximum atomic E-state index is 9.46. The van der Waals surface area contributed by atoms with Crippen LogP contribution in [0.4, 0.5) is 0 Å². The highest BCUT2D eigenvalue weighted by Crippen LogP contribution is 2.05. The van der Waals surface area contributed by atoms with Gasteiger partial charge in [-0.2, -0.15) is 0 Å². The molecule has 1 unspecified atom stereocenters. The van der Waals surface area contributed by atoms with Crippen molar-refractivity contribution in [3.63, 3.8) is 0 Å². The Morgan fingerprint density at radius 2 is 1.62 bits per heavy atom. The molecular formula is C10H22O4S2. The van der Waals surface area contributed by atoms with Crippen LogP contribution in [0.3, 0.4) is 0 Å². The highest BCUT2D eigenvalue weighted by Gasteiger charge is 2.03. The van der Waals surface area contributed by atoms with Crippen LogP contribution in [0.1, 0.15) is 32.1 Å². The van der Waals surface area contributed by atoms with E-state index in [1.54, 1.807) is 0 Å². The lowest BCUT2D eigenvalue weighted by atomic mass is 10.2. The Hall–Kier alpha value is 0.540. The normalized spacial score (nSPS) is 12.9. The molecule has 1 atom stereocenters. The second-order valence-electron chi connectivity index (χ2n) is 3.60. The van der Waals surface area contributed by atoms with E-state index in [4.69, 9.17) is 13.8 Å². The van der Waals surface area contributed by atoms with E-state index < -0.39 is 6.10 Å². The smallest absolute Gasteiger partial charge is 0.0774 e. The van der Waals surface area contributed by atoms with Gasteiger partial charge in [0.1, 0.15) is 0 Å². The van der Waals surface area contributed by atoms with Crippen LogP contribution in [-0.4, -0.2) is 45.0 Å². The Morgan fingerprint density at radius 3 is 2.31 bits per heavy atom. The van der Waals surface area contributed by atoms with Gasteiger partial charge in [0.15, 0.2) is 0 Å². The van der Waals surface area contributed by atoms with Gasteiger partial charge in [0.05, 0.1) is 12.7 Å². The van der Waals surface area contributed by atoms with Crippen LogP contribution in [0.5, 0.6) is 0 Å². The predicted molar refractivity (Wildman–Crippen MR) is 70.1 cm³/mol. The fraction of sp³-hybridized carbons (Fsp3) is 1.00. The Labute approximate surface area is 106 Å². The van der Waals surface area contributed by atoms with Gasteiger partial charge in [0.25, 0.3) is 0 Å². The zero-order valence-electron chi connectivity index (χ0n) is 9.51. The molecule has 0 aliphatic rings. The van der Waals surface area contributed by atoms with Crippen LogP contribution in [0.15, 0.2) is 0 Å². The van der Waals surface area contributed by atoms with E-state index in [1.165, 1.54) is 0 Å². The molecule has 6 heteroatoms. The summed E-state index contributed by atoms with van der Waals surface area (Å²) in [4.78, 5) is 0. The molecule has 3 N–H and O–H groups in total. The SMILES string of the molecule is OSCCCCCOCC(O)CCCSO. The number of ether oxygens (including phenoxy) is 1. The van der Waals surface area contributed by atoms with Gasteiger partial charge in [0, 0.05) is 18.1 Å². The molecule has 0 spiro atoms. The molecule has 0 radical (unpaired) electrons. The van der Waals surface area contributed by atoms with Crippen LogP contribution in [-0.2, 0) is 4.74 Å².